The van der Waals surface area contributed by atoms with Gasteiger partial charge in [-0.25, -0.2) is 0 Å². The fraction of sp³-hybridized carbons (Fsp3) is 0.983. The van der Waals surface area contributed by atoms with Gasteiger partial charge in [-0.1, -0.05) is 296 Å². The Balaban J connectivity index is 3.97. The highest BCUT2D eigenvalue weighted by Gasteiger charge is 2.20. The molecule has 0 aliphatic heterocycles. The maximum Gasteiger partial charge on any atom is 0.306 e. The molecule has 0 N–H and O–H groups in total. The number of rotatable bonds is 58. The minimum absolute atomic E-state index is 0.0320. The molecule has 0 saturated heterocycles. The summed E-state index contributed by atoms with van der Waals surface area (Å²) in [5.74, 6) is -0.322. The Kier molecular flexibility index (Phi) is 52.4. The first-order chi connectivity index (χ1) is 33.1. The van der Waals surface area contributed by atoms with E-state index in [1.165, 1.54) is 263 Å². The Bertz CT molecular complexity index is 1050. The number of phosphoric acid groups is 1. The Morgan fingerprint density at radius 2 is 0.676 bits per heavy atom. The van der Waals surface area contributed by atoms with Crippen LogP contribution >= 0.6 is 7.82 Å². The molecular weight excluding hydrogens is 866 g/mol. The summed E-state index contributed by atoms with van der Waals surface area (Å²) in [5.41, 5.74) is 0. The SMILES string of the molecule is CCCCCCCCCCCCCCCCCCCCCCCCCCCOCC(COP(=O)([O-])OCC[N+](C)(C)C)OC(=O)CCCCCCCCCCCCCCCCCCCCCCC. The molecule has 0 aliphatic carbocycles. The van der Waals surface area contributed by atoms with Crippen LogP contribution in [0.25, 0.3) is 0 Å². The molecule has 9 heteroatoms. The fourth-order valence-corrected chi connectivity index (χ4v) is 9.99. The van der Waals surface area contributed by atoms with E-state index in [2.05, 4.69) is 13.8 Å². The van der Waals surface area contributed by atoms with Crippen molar-refractivity contribution in [2.24, 2.45) is 0 Å². The van der Waals surface area contributed by atoms with E-state index in [-0.39, 0.29) is 25.8 Å². The summed E-state index contributed by atoms with van der Waals surface area (Å²) in [6.07, 6.45) is 61.5. The van der Waals surface area contributed by atoms with Crippen molar-refractivity contribution in [3.05, 3.63) is 0 Å². The number of ether oxygens (including phenoxy) is 2. The van der Waals surface area contributed by atoms with Gasteiger partial charge in [-0.3, -0.25) is 9.36 Å². The molecule has 0 amide bonds. The summed E-state index contributed by atoms with van der Waals surface area (Å²) < 4.78 is 34.9. The fourth-order valence-electron chi connectivity index (χ4n) is 9.26. The highest BCUT2D eigenvalue weighted by molar-refractivity contribution is 7.45. The Morgan fingerprint density at radius 1 is 0.397 bits per heavy atom. The average molecular weight is 987 g/mol. The van der Waals surface area contributed by atoms with Crippen molar-refractivity contribution in [1.29, 1.82) is 0 Å². The average Bonchev–Trinajstić information content (AvgIpc) is 3.30. The van der Waals surface area contributed by atoms with Gasteiger partial charge in [-0.15, -0.1) is 0 Å². The Labute approximate surface area is 425 Å². The number of carbonyl (C=O) groups excluding carboxylic acids is 1. The molecule has 0 bridgehead atoms. The van der Waals surface area contributed by atoms with Crippen LogP contribution < -0.4 is 4.89 Å². The number of hydrogen-bond acceptors (Lipinski definition) is 7. The van der Waals surface area contributed by atoms with Gasteiger partial charge in [0.2, 0.25) is 0 Å². The van der Waals surface area contributed by atoms with Crippen molar-refractivity contribution in [2.45, 2.75) is 322 Å². The van der Waals surface area contributed by atoms with Crippen LogP contribution in [0.5, 0.6) is 0 Å². The van der Waals surface area contributed by atoms with Gasteiger partial charge in [0.05, 0.1) is 34.4 Å². The molecule has 68 heavy (non-hydrogen) atoms. The van der Waals surface area contributed by atoms with Gasteiger partial charge in [0.15, 0.2) is 0 Å². The molecule has 0 fully saturated rings. The molecule has 8 nitrogen and oxygen atoms in total. The first-order valence-electron chi connectivity index (χ1n) is 30.3. The minimum atomic E-state index is -4.53. The van der Waals surface area contributed by atoms with Crippen molar-refractivity contribution in [3.8, 4) is 0 Å². The lowest BCUT2D eigenvalue weighted by molar-refractivity contribution is -0.870. The highest BCUT2D eigenvalue weighted by atomic mass is 31.2. The van der Waals surface area contributed by atoms with Crippen LogP contribution in [0.1, 0.15) is 316 Å². The number of hydrogen-bond donors (Lipinski definition) is 0. The minimum Gasteiger partial charge on any atom is -0.756 e. The molecule has 408 valence electrons. The second-order valence-electron chi connectivity index (χ2n) is 22.1. The third-order valence-electron chi connectivity index (χ3n) is 13.9. The number of esters is 1. The van der Waals surface area contributed by atoms with E-state index in [0.29, 0.717) is 24.1 Å². The second kappa shape index (κ2) is 52.8. The van der Waals surface area contributed by atoms with Gasteiger partial charge in [0, 0.05) is 13.0 Å². The maximum atomic E-state index is 12.8. The van der Waals surface area contributed by atoms with Crippen molar-refractivity contribution >= 4 is 13.8 Å². The van der Waals surface area contributed by atoms with E-state index in [1.807, 2.05) is 21.1 Å². The molecule has 2 unspecified atom stereocenters. The summed E-state index contributed by atoms with van der Waals surface area (Å²) in [6.45, 7) is 5.52. The van der Waals surface area contributed by atoms with E-state index in [9.17, 15) is 14.3 Å². The quantitative estimate of drug-likeness (QED) is 0.0259. The number of unbranched alkanes of at least 4 members (excludes halogenated alkanes) is 44. The number of carbonyl (C=O) groups is 1. The normalized spacial score (nSPS) is 13.3. The molecule has 0 aromatic rings. The van der Waals surface area contributed by atoms with Crippen molar-refractivity contribution in [1.82, 2.24) is 0 Å². The molecule has 0 saturated carbocycles. The van der Waals surface area contributed by atoms with Crippen LogP contribution in [0.2, 0.25) is 0 Å². The summed E-state index contributed by atoms with van der Waals surface area (Å²) in [6, 6.07) is 0. The first-order valence-corrected chi connectivity index (χ1v) is 31.7. The van der Waals surface area contributed by atoms with Gasteiger partial charge < -0.3 is 27.9 Å². The van der Waals surface area contributed by atoms with E-state index in [1.54, 1.807) is 0 Å². The zero-order chi connectivity index (χ0) is 49.8. The summed E-state index contributed by atoms with van der Waals surface area (Å²) >= 11 is 0. The van der Waals surface area contributed by atoms with Crippen molar-refractivity contribution < 1.29 is 37.3 Å². The summed E-state index contributed by atoms with van der Waals surface area (Å²) in [5, 5.41) is 0. The second-order valence-corrected chi connectivity index (χ2v) is 23.5. The molecule has 0 radical (unpaired) electrons. The van der Waals surface area contributed by atoms with Crippen LogP contribution in [0.15, 0.2) is 0 Å². The van der Waals surface area contributed by atoms with Crippen LogP contribution in [-0.4, -0.2) is 70.7 Å². The van der Waals surface area contributed by atoms with E-state index >= 15 is 0 Å². The molecule has 0 heterocycles. The predicted octanol–water partition coefficient (Wildman–Crippen LogP) is 18.5. The Morgan fingerprint density at radius 3 is 0.971 bits per heavy atom. The highest BCUT2D eigenvalue weighted by Crippen LogP contribution is 2.38. The molecule has 0 aromatic carbocycles. The molecule has 0 aliphatic rings. The van der Waals surface area contributed by atoms with E-state index in [0.717, 1.165) is 32.1 Å². The van der Waals surface area contributed by atoms with Crippen molar-refractivity contribution in [3.63, 3.8) is 0 Å². The molecule has 0 rings (SSSR count). The topological polar surface area (TPSA) is 94.1 Å². The largest absolute Gasteiger partial charge is 0.756 e. The van der Waals surface area contributed by atoms with Crippen molar-refractivity contribution in [2.75, 3.05) is 54.1 Å². The van der Waals surface area contributed by atoms with E-state index < -0.39 is 13.9 Å². The molecule has 0 aromatic heterocycles. The van der Waals surface area contributed by atoms with Gasteiger partial charge in [0.25, 0.3) is 7.82 Å². The standard InChI is InChI=1S/C59H120NO7P/c1-6-8-10-12-14-16-18-20-22-24-26-28-29-30-31-33-35-37-39-41-43-45-47-49-51-54-64-56-58(57-66-68(62,63)65-55-53-60(3,4)5)67-59(61)52-50-48-46-44-42-40-38-36-34-32-27-25-23-21-19-17-15-13-11-9-7-2/h58H,6-57H2,1-5H3. The third kappa shape index (κ3) is 56.4. The third-order valence-corrected chi connectivity index (χ3v) is 14.9. The lowest BCUT2D eigenvalue weighted by Crippen LogP contribution is -2.37. The summed E-state index contributed by atoms with van der Waals surface area (Å²) in [7, 11) is 1.38. The number of likely N-dealkylation sites (N-methyl/N-ethyl adjacent to an activating group) is 1. The van der Waals surface area contributed by atoms with Gasteiger partial charge in [-0.05, 0) is 12.8 Å². The lowest BCUT2D eigenvalue weighted by atomic mass is 10.0. The number of quaternary nitrogens is 1. The molecule has 2 atom stereocenters. The Hall–Kier alpha value is -0.500. The molecule has 0 spiro atoms. The van der Waals surface area contributed by atoms with Crippen LogP contribution in [0.3, 0.4) is 0 Å². The zero-order valence-electron chi connectivity index (χ0n) is 46.6. The van der Waals surface area contributed by atoms with Gasteiger partial charge in [0.1, 0.15) is 19.3 Å². The first kappa shape index (κ1) is 67.5. The van der Waals surface area contributed by atoms with Crippen LogP contribution in [0, 0.1) is 0 Å². The maximum absolute atomic E-state index is 12.8. The smallest absolute Gasteiger partial charge is 0.306 e. The van der Waals surface area contributed by atoms with E-state index in [4.69, 9.17) is 18.5 Å². The van der Waals surface area contributed by atoms with Crippen LogP contribution in [0.4, 0.5) is 0 Å². The lowest BCUT2D eigenvalue weighted by Gasteiger charge is -2.28. The predicted molar refractivity (Wildman–Crippen MR) is 291 cm³/mol. The summed E-state index contributed by atoms with van der Waals surface area (Å²) in [4.78, 5) is 25.3. The van der Waals surface area contributed by atoms with Gasteiger partial charge >= 0.3 is 5.97 Å². The zero-order valence-corrected chi connectivity index (χ0v) is 47.5. The van der Waals surface area contributed by atoms with Crippen LogP contribution in [-0.2, 0) is 27.9 Å². The number of nitrogens with zero attached hydrogens (tertiary/aromatic N) is 1. The van der Waals surface area contributed by atoms with Gasteiger partial charge in [-0.2, -0.15) is 0 Å². The monoisotopic (exact) mass is 986 g/mol. The number of phosphoric ester groups is 1. The molecular formula is C59H120NO7P.